The van der Waals surface area contributed by atoms with E-state index < -0.39 is 0 Å². The van der Waals surface area contributed by atoms with E-state index in [1.54, 1.807) is 0 Å². The minimum Gasteiger partial charge on any atom is -0.356 e. The van der Waals surface area contributed by atoms with Gasteiger partial charge in [0.1, 0.15) is 5.78 Å². The fourth-order valence-corrected chi connectivity index (χ4v) is 0.565. The molecular weight excluding hydrogens is 130 g/mol. The summed E-state index contributed by atoms with van der Waals surface area (Å²) in [7, 11) is 0. The molecule has 0 atom stereocenters. The number of Topliss-reactive ketones (excluding diaryl/α,β-unsaturated/α-hetero) is 1. The van der Waals surface area contributed by atoms with E-state index in [0.29, 0.717) is 0 Å². The predicted octanol–water partition coefficient (Wildman–Crippen LogP) is 0.492. The van der Waals surface area contributed by atoms with E-state index in [1.807, 2.05) is 0 Å². The molecule has 0 bridgehead atoms. The summed E-state index contributed by atoms with van der Waals surface area (Å²) >= 11 is 0. The second-order valence-electron chi connectivity index (χ2n) is 2.36. The third-order valence-electron chi connectivity index (χ3n) is 0.903. The van der Waals surface area contributed by atoms with E-state index in [0.717, 1.165) is 19.4 Å². The molecule has 0 aromatic carbocycles. The molecule has 58 valence electrons. The van der Waals surface area contributed by atoms with Crippen molar-refractivity contribution in [1.29, 1.82) is 0 Å². The van der Waals surface area contributed by atoms with Gasteiger partial charge in [-0.15, -0.1) is 0 Å². The lowest BCUT2D eigenvalue weighted by molar-refractivity contribution is -0.119. The number of hydrogen-bond acceptors (Lipinski definition) is 2. The molecule has 3 heteroatoms. The molecule has 0 radical (unpaired) electrons. The highest BCUT2D eigenvalue weighted by atomic mass is 16.1. The lowest BCUT2D eigenvalue weighted by Crippen LogP contribution is -2.12. The number of ketones is 1. The molecular formula is C7H13NO2. The Morgan fingerprint density at radius 3 is 2.10 bits per heavy atom. The Kier molecular flexibility index (Phi) is 4.54. The fraction of sp³-hybridized carbons (Fsp3) is 0.714. The third-order valence-corrected chi connectivity index (χ3v) is 0.903. The molecule has 1 amide bonds. The lowest BCUT2D eigenvalue weighted by atomic mass is 10.4. The second-order valence-corrected chi connectivity index (χ2v) is 2.36. The van der Waals surface area contributed by atoms with Crippen molar-refractivity contribution in [1.82, 2.24) is 5.32 Å². The summed E-state index contributed by atoms with van der Waals surface area (Å²) < 4.78 is 0. The molecule has 1 heterocycles. The molecule has 1 saturated heterocycles. The SMILES string of the molecule is CC(C)=O.O=C1CCCN1. The Bertz CT molecular complexity index is 120. The third kappa shape index (κ3) is 7.14. The van der Waals surface area contributed by atoms with Crippen LogP contribution in [0.1, 0.15) is 26.7 Å². The minimum absolute atomic E-state index is 0.167. The maximum absolute atomic E-state index is 10.1. The second kappa shape index (κ2) is 4.97. The molecule has 10 heavy (non-hydrogen) atoms. The molecule has 1 aliphatic rings. The van der Waals surface area contributed by atoms with E-state index in [1.165, 1.54) is 13.8 Å². The van der Waals surface area contributed by atoms with Gasteiger partial charge in [-0.25, -0.2) is 0 Å². The largest absolute Gasteiger partial charge is 0.356 e. The van der Waals surface area contributed by atoms with Crippen molar-refractivity contribution in [3.8, 4) is 0 Å². The Morgan fingerprint density at radius 1 is 1.50 bits per heavy atom. The summed E-state index contributed by atoms with van der Waals surface area (Å²) in [5.74, 6) is 0.370. The zero-order valence-corrected chi connectivity index (χ0v) is 6.44. The molecule has 1 rings (SSSR count). The Hall–Kier alpha value is -0.860. The quantitative estimate of drug-likeness (QED) is 0.536. The van der Waals surface area contributed by atoms with E-state index in [-0.39, 0.29) is 11.7 Å². The van der Waals surface area contributed by atoms with E-state index in [2.05, 4.69) is 5.32 Å². The first-order valence-corrected chi connectivity index (χ1v) is 3.37. The summed E-state index contributed by atoms with van der Waals surface area (Å²) in [6.45, 7) is 3.94. The molecule has 1 N–H and O–H groups in total. The molecule has 0 aliphatic carbocycles. The molecule has 0 aromatic rings. The first-order valence-electron chi connectivity index (χ1n) is 3.37. The van der Waals surface area contributed by atoms with Crippen LogP contribution in [-0.4, -0.2) is 18.2 Å². The summed E-state index contributed by atoms with van der Waals surface area (Å²) in [6.07, 6.45) is 1.76. The number of rotatable bonds is 0. The van der Waals surface area contributed by atoms with Gasteiger partial charge in [-0.3, -0.25) is 4.79 Å². The maximum atomic E-state index is 10.1. The van der Waals surface area contributed by atoms with Gasteiger partial charge < -0.3 is 10.1 Å². The van der Waals surface area contributed by atoms with Crippen LogP contribution in [0.15, 0.2) is 0 Å². The number of amides is 1. The van der Waals surface area contributed by atoms with Crippen molar-refractivity contribution in [3.63, 3.8) is 0 Å². The van der Waals surface area contributed by atoms with Crippen molar-refractivity contribution < 1.29 is 9.59 Å². The lowest BCUT2D eigenvalue weighted by Gasteiger charge is -1.80. The van der Waals surface area contributed by atoms with Crippen LogP contribution in [0.25, 0.3) is 0 Å². The Balaban J connectivity index is 0.000000180. The first kappa shape index (κ1) is 9.14. The van der Waals surface area contributed by atoms with Crippen LogP contribution in [0.5, 0.6) is 0 Å². The molecule has 0 unspecified atom stereocenters. The monoisotopic (exact) mass is 143 g/mol. The van der Waals surface area contributed by atoms with Crippen LogP contribution >= 0.6 is 0 Å². The highest BCUT2D eigenvalue weighted by Gasteiger charge is 2.05. The van der Waals surface area contributed by atoms with Gasteiger partial charge in [0.25, 0.3) is 0 Å². The molecule has 0 saturated carbocycles. The standard InChI is InChI=1S/C4H7NO.C3H6O/c6-4-2-1-3-5-4;1-3(2)4/h1-3H2,(H,5,6);1-2H3. The van der Waals surface area contributed by atoms with Crippen LogP contribution < -0.4 is 5.32 Å². The van der Waals surface area contributed by atoms with E-state index in [4.69, 9.17) is 0 Å². The summed E-state index contributed by atoms with van der Waals surface area (Å²) in [4.78, 5) is 19.6. The molecule has 0 spiro atoms. The maximum Gasteiger partial charge on any atom is 0.220 e. The minimum atomic E-state index is 0.167. The average Bonchev–Trinajstić information content (AvgIpc) is 2.15. The van der Waals surface area contributed by atoms with Gasteiger partial charge in [0.15, 0.2) is 0 Å². The predicted molar refractivity (Wildman–Crippen MR) is 38.6 cm³/mol. The summed E-state index contributed by atoms with van der Waals surface area (Å²) in [6, 6.07) is 0. The topological polar surface area (TPSA) is 46.2 Å². The Labute approximate surface area is 60.8 Å². The van der Waals surface area contributed by atoms with Crippen molar-refractivity contribution in [2.24, 2.45) is 0 Å². The Morgan fingerprint density at radius 2 is 2.00 bits per heavy atom. The molecule has 0 aromatic heterocycles. The number of nitrogens with one attached hydrogen (secondary N) is 1. The molecule has 3 nitrogen and oxygen atoms in total. The summed E-state index contributed by atoms with van der Waals surface area (Å²) in [5, 5.41) is 2.68. The van der Waals surface area contributed by atoms with Gasteiger partial charge in [-0.2, -0.15) is 0 Å². The molecule has 1 aliphatic heterocycles. The van der Waals surface area contributed by atoms with Crippen LogP contribution in [-0.2, 0) is 9.59 Å². The van der Waals surface area contributed by atoms with Crippen LogP contribution in [0.2, 0.25) is 0 Å². The van der Waals surface area contributed by atoms with Gasteiger partial charge >= 0.3 is 0 Å². The van der Waals surface area contributed by atoms with Crippen LogP contribution in [0.3, 0.4) is 0 Å². The van der Waals surface area contributed by atoms with Gasteiger partial charge in [0.05, 0.1) is 0 Å². The van der Waals surface area contributed by atoms with Crippen molar-refractivity contribution in [2.75, 3.05) is 6.54 Å². The number of carbonyl (C=O) groups excluding carboxylic acids is 2. The fourth-order valence-electron chi connectivity index (χ4n) is 0.565. The van der Waals surface area contributed by atoms with E-state index >= 15 is 0 Å². The van der Waals surface area contributed by atoms with Crippen molar-refractivity contribution in [2.45, 2.75) is 26.7 Å². The first-order chi connectivity index (χ1) is 4.63. The number of hydrogen-bond donors (Lipinski definition) is 1. The highest BCUT2D eigenvalue weighted by Crippen LogP contribution is 1.93. The smallest absolute Gasteiger partial charge is 0.220 e. The van der Waals surface area contributed by atoms with Crippen molar-refractivity contribution in [3.05, 3.63) is 0 Å². The van der Waals surface area contributed by atoms with Gasteiger partial charge in [0, 0.05) is 13.0 Å². The number of carbonyl (C=O) groups is 2. The van der Waals surface area contributed by atoms with Gasteiger partial charge in [-0.05, 0) is 20.3 Å². The summed E-state index contributed by atoms with van der Waals surface area (Å²) in [5.41, 5.74) is 0. The van der Waals surface area contributed by atoms with Crippen LogP contribution in [0.4, 0.5) is 0 Å². The van der Waals surface area contributed by atoms with Crippen LogP contribution in [0, 0.1) is 0 Å². The normalized spacial score (nSPS) is 15.2. The highest BCUT2D eigenvalue weighted by molar-refractivity contribution is 5.77. The van der Waals surface area contributed by atoms with Gasteiger partial charge in [-0.1, -0.05) is 0 Å². The zero-order chi connectivity index (χ0) is 7.98. The zero-order valence-electron chi connectivity index (χ0n) is 6.44. The van der Waals surface area contributed by atoms with Gasteiger partial charge in [0.2, 0.25) is 5.91 Å². The van der Waals surface area contributed by atoms with Crippen molar-refractivity contribution >= 4 is 11.7 Å². The molecule has 1 fully saturated rings. The average molecular weight is 143 g/mol. The van der Waals surface area contributed by atoms with E-state index in [9.17, 15) is 9.59 Å².